The molecule has 114 valence electrons. The lowest BCUT2D eigenvalue weighted by atomic mass is 10.1. The third-order valence-corrected chi connectivity index (χ3v) is 3.29. The van der Waals surface area contributed by atoms with Crippen molar-refractivity contribution in [2.75, 3.05) is 26.9 Å². The molecule has 0 aliphatic rings. The summed E-state index contributed by atoms with van der Waals surface area (Å²) in [6, 6.07) is 6.03. The highest BCUT2D eigenvalue weighted by Crippen LogP contribution is 2.24. The molecule has 0 saturated heterocycles. The molecule has 1 N–H and O–H groups in total. The van der Waals surface area contributed by atoms with E-state index in [-0.39, 0.29) is 6.04 Å². The van der Waals surface area contributed by atoms with Gasteiger partial charge in [0.1, 0.15) is 5.75 Å². The molecule has 0 heterocycles. The molecule has 4 heteroatoms. The molecular weight excluding hydrogens is 274 g/mol. The summed E-state index contributed by atoms with van der Waals surface area (Å²) >= 11 is 6.08. The molecule has 1 unspecified atom stereocenters. The van der Waals surface area contributed by atoms with Gasteiger partial charge < -0.3 is 14.8 Å². The minimum atomic E-state index is 0.286. The van der Waals surface area contributed by atoms with Crippen LogP contribution in [0.4, 0.5) is 0 Å². The van der Waals surface area contributed by atoms with Crippen molar-refractivity contribution in [3.8, 4) is 5.75 Å². The van der Waals surface area contributed by atoms with E-state index in [0.717, 1.165) is 48.7 Å². The van der Waals surface area contributed by atoms with Crippen molar-refractivity contribution in [2.24, 2.45) is 0 Å². The molecule has 0 saturated carbocycles. The SMILES string of the molecule is CCCNC(COCCC)Cc1cc(Cl)ccc1OC. The van der Waals surface area contributed by atoms with Crippen LogP contribution in [0.25, 0.3) is 0 Å². The third-order valence-electron chi connectivity index (χ3n) is 3.06. The Morgan fingerprint density at radius 1 is 1.25 bits per heavy atom. The zero-order valence-electron chi connectivity index (χ0n) is 12.7. The Labute approximate surface area is 127 Å². The van der Waals surface area contributed by atoms with Gasteiger partial charge in [-0.25, -0.2) is 0 Å². The van der Waals surface area contributed by atoms with Crippen molar-refractivity contribution in [1.29, 1.82) is 0 Å². The van der Waals surface area contributed by atoms with Crippen LogP contribution < -0.4 is 10.1 Å². The molecule has 0 aliphatic carbocycles. The van der Waals surface area contributed by atoms with E-state index in [0.29, 0.717) is 6.61 Å². The molecular formula is C16H26ClNO2. The summed E-state index contributed by atoms with van der Waals surface area (Å²) in [6.07, 6.45) is 3.01. The van der Waals surface area contributed by atoms with Gasteiger partial charge in [-0.1, -0.05) is 25.4 Å². The molecule has 1 aromatic rings. The number of benzene rings is 1. The van der Waals surface area contributed by atoms with Crippen LogP contribution in [0.15, 0.2) is 18.2 Å². The van der Waals surface area contributed by atoms with Gasteiger partial charge in [-0.05, 0) is 49.6 Å². The lowest BCUT2D eigenvalue weighted by Crippen LogP contribution is -2.36. The Bertz CT molecular complexity index is 385. The number of ether oxygens (including phenoxy) is 2. The predicted octanol–water partition coefficient (Wildman–Crippen LogP) is 3.69. The maximum absolute atomic E-state index is 6.08. The highest BCUT2D eigenvalue weighted by molar-refractivity contribution is 6.30. The summed E-state index contributed by atoms with van der Waals surface area (Å²) in [5.74, 6) is 0.883. The van der Waals surface area contributed by atoms with Gasteiger partial charge in [0, 0.05) is 17.7 Å². The Balaban J connectivity index is 2.68. The van der Waals surface area contributed by atoms with E-state index in [1.54, 1.807) is 7.11 Å². The Hall–Kier alpha value is -0.770. The van der Waals surface area contributed by atoms with Gasteiger partial charge in [0.2, 0.25) is 0 Å². The lowest BCUT2D eigenvalue weighted by molar-refractivity contribution is 0.111. The number of rotatable bonds is 10. The molecule has 0 aromatic heterocycles. The van der Waals surface area contributed by atoms with E-state index in [2.05, 4.69) is 19.2 Å². The largest absolute Gasteiger partial charge is 0.496 e. The van der Waals surface area contributed by atoms with Crippen molar-refractivity contribution < 1.29 is 9.47 Å². The van der Waals surface area contributed by atoms with Gasteiger partial charge in [0.05, 0.1) is 13.7 Å². The first kappa shape index (κ1) is 17.3. The van der Waals surface area contributed by atoms with Crippen LogP contribution in [0.2, 0.25) is 5.02 Å². The van der Waals surface area contributed by atoms with Crippen LogP contribution in [0, 0.1) is 0 Å². The fourth-order valence-electron chi connectivity index (χ4n) is 2.08. The molecule has 0 aliphatic heterocycles. The van der Waals surface area contributed by atoms with Crippen LogP contribution in [0.1, 0.15) is 32.3 Å². The second-order valence-electron chi connectivity index (χ2n) is 4.89. The molecule has 1 rings (SSSR count). The van der Waals surface area contributed by atoms with Crippen molar-refractivity contribution >= 4 is 11.6 Å². The van der Waals surface area contributed by atoms with E-state index in [1.807, 2.05) is 18.2 Å². The Morgan fingerprint density at radius 3 is 2.70 bits per heavy atom. The van der Waals surface area contributed by atoms with Gasteiger partial charge >= 0.3 is 0 Å². The van der Waals surface area contributed by atoms with Gasteiger partial charge in [0.25, 0.3) is 0 Å². The van der Waals surface area contributed by atoms with Crippen molar-refractivity contribution in [1.82, 2.24) is 5.32 Å². The highest BCUT2D eigenvalue weighted by atomic mass is 35.5. The van der Waals surface area contributed by atoms with Crippen LogP contribution in [0.5, 0.6) is 5.75 Å². The molecule has 0 amide bonds. The molecule has 0 fully saturated rings. The smallest absolute Gasteiger partial charge is 0.122 e. The molecule has 1 atom stereocenters. The minimum absolute atomic E-state index is 0.286. The van der Waals surface area contributed by atoms with Gasteiger partial charge in [-0.15, -0.1) is 0 Å². The second kappa shape index (κ2) is 10.0. The van der Waals surface area contributed by atoms with Crippen LogP contribution in [-0.2, 0) is 11.2 Å². The van der Waals surface area contributed by atoms with Crippen molar-refractivity contribution in [3.63, 3.8) is 0 Å². The maximum atomic E-state index is 6.08. The summed E-state index contributed by atoms with van der Waals surface area (Å²) in [5, 5.41) is 4.26. The average molecular weight is 300 g/mol. The average Bonchev–Trinajstić information content (AvgIpc) is 2.45. The van der Waals surface area contributed by atoms with E-state index in [4.69, 9.17) is 21.1 Å². The van der Waals surface area contributed by atoms with Gasteiger partial charge in [-0.3, -0.25) is 0 Å². The molecule has 0 radical (unpaired) electrons. The first-order valence-electron chi connectivity index (χ1n) is 7.34. The summed E-state index contributed by atoms with van der Waals surface area (Å²) in [6.45, 7) is 6.79. The zero-order valence-corrected chi connectivity index (χ0v) is 13.5. The molecule has 0 spiro atoms. The fourth-order valence-corrected chi connectivity index (χ4v) is 2.28. The molecule has 0 bridgehead atoms. The first-order valence-corrected chi connectivity index (χ1v) is 7.72. The van der Waals surface area contributed by atoms with E-state index < -0.39 is 0 Å². The third kappa shape index (κ3) is 6.12. The normalized spacial score (nSPS) is 12.4. The molecule has 1 aromatic carbocycles. The molecule has 3 nitrogen and oxygen atoms in total. The monoisotopic (exact) mass is 299 g/mol. The van der Waals surface area contributed by atoms with Crippen LogP contribution in [-0.4, -0.2) is 32.9 Å². The van der Waals surface area contributed by atoms with E-state index in [9.17, 15) is 0 Å². The summed E-state index contributed by atoms with van der Waals surface area (Å²) in [5.41, 5.74) is 1.12. The van der Waals surface area contributed by atoms with Gasteiger partial charge in [0.15, 0.2) is 0 Å². The zero-order chi connectivity index (χ0) is 14.8. The Kier molecular flexibility index (Phi) is 8.67. The van der Waals surface area contributed by atoms with Gasteiger partial charge in [-0.2, -0.15) is 0 Å². The summed E-state index contributed by atoms with van der Waals surface area (Å²) in [7, 11) is 1.69. The standard InChI is InChI=1S/C16H26ClNO2/c1-4-8-18-15(12-20-9-5-2)11-13-10-14(17)6-7-16(13)19-3/h6-7,10,15,18H,4-5,8-9,11-12H2,1-3H3. The summed E-state index contributed by atoms with van der Waals surface area (Å²) < 4.78 is 11.1. The van der Waals surface area contributed by atoms with Crippen molar-refractivity contribution in [2.45, 2.75) is 39.2 Å². The topological polar surface area (TPSA) is 30.5 Å². The predicted molar refractivity (Wildman–Crippen MR) is 84.9 cm³/mol. The Morgan fingerprint density at radius 2 is 2.05 bits per heavy atom. The number of hydrogen-bond acceptors (Lipinski definition) is 3. The fraction of sp³-hybridized carbons (Fsp3) is 0.625. The second-order valence-corrected chi connectivity index (χ2v) is 5.32. The number of halogens is 1. The minimum Gasteiger partial charge on any atom is -0.496 e. The van der Waals surface area contributed by atoms with Crippen molar-refractivity contribution in [3.05, 3.63) is 28.8 Å². The number of methoxy groups -OCH3 is 1. The highest BCUT2D eigenvalue weighted by Gasteiger charge is 2.13. The maximum Gasteiger partial charge on any atom is 0.122 e. The molecule has 20 heavy (non-hydrogen) atoms. The number of hydrogen-bond donors (Lipinski definition) is 1. The van der Waals surface area contributed by atoms with Crippen LogP contribution in [0.3, 0.4) is 0 Å². The van der Waals surface area contributed by atoms with E-state index in [1.165, 1.54) is 0 Å². The number of nitrogens with one attached hydrogen (secondary N) is 1. The van der Waals surface area contributed by atoms with E-state index >= 15 is 0 Å². The summed E-state index contributed by atoms with van der Waals surface area (Å²) in [4.78, 5) is 0. The lowest BCUT2D eigenvalue weighted by Gasteiger charge is -2.20. The first-order chi connectivity index (χ1) is 9.71. The van der Waals surface area contributed by atoms with Crippen LogP contribution >= 0.6 is 11.6 Å². The quantitative estimate of drug-likeness (QED) is 0.669.